The number of benzene rings is 1. The third-order valence-electron chi connectivity index (χ3n) is 3.33. The summed E-state index contributed by atoms with van der Waals surface area (Å²) in [6, 6.07) is 2.25. The molecule has 1 fully saturated rings. The van der Waals surface area contributed by atoms with Gasteiger partial charge in [0.1, 0.15) is 5.82 Å². The quantitative estimate of drug-likeness (QED) is 0.912. The Kier molecular flexibility index (Phi) is 4.60. The van der Waals surface area contributed by atoms with Crippen molar-refractivity contribution in [2.45, 2.75) is 30.9 Å². The fourth-order valence-corrected chi connectivity index (χ4v) is 4.07. The monoisotopic (exact) mass is 336 g/mol. The number of hydrogen-bond acceptors (Lipinski definition) is 4. The average molecular weight is 337 g/mol. The van der Waals surface area contributed by atoms with E-state index in [1.54, 1.807) is 0 Å². The maximum absolute atomic E-state index is 13.8. The lowest BCUT2D eigenvalue weighted by atomic mass is 10.1. The van der Waals surface area contributed by atoms with Gasteiger partial charge in [0.15, 0.2) is 0 Å². The van der Waals surface area contributed by atoms with E-state index in [1.165, 1.54) is 10.4 Å². The van der Waals surface area contributed by atoms with E-state index in [0.717, 1.165) is 6.07 Å². The van der Waals surface area contributed by atoms with Crippen molar-refractivity contribution in [3.63, 3.8) is 0 Å². The second kappa shape index (κ2) is 5.81. The van der Waals surface area contributed by atoms with E-state index in [1.807, 2.05) is 13.8 Å². The van der Waals surface area contributed by atoms with Gasteiger partial charge in [0.05, 0.1) is 22.1 Å². The number of morpholine rings is 1. The van der Waals surface area contributed by atoms with Crippen molar-refractivity contribution in [1.29, 1.82) is 0 Å². The maximum Gasteiger partial charge on any atom is 0.243 e. The van der Waals surface area contributed by atoms with Crippen molar-refractivity contribution in [3.05, 3.63) is 28.5 Å². The Morgan fingerprint density at radius 3 is 2.71 bits per heavy atom. The van der Waals surface area contributed by atoms with Crippen molar-refractivity contribution >= 4 is 21.6 Å². The molecule has 0 saturated carbocycles. The molecular weight excluding hydrogens is 319 g/mol. The second-order valence-electron chi connectivity index (χ2n) is 5.53. The largest absolute Gasteiger partial charge is 0.373 e. The number of nitrogens with two attached hydrogens (primary N) is 1. The number of hydrogen-bond donors (Lipinski definition) is 1. The van der Waals surface area contributed by atoms with Gasteiger partial charge in [0.2, 0.25) is 10.0 Å². The highest BCUT2D eigenvalue weighted by Crippen LogP contribution is 2.28. The summed E-state index contributed by atoms with van der Waals surface area (Å²) in [4.78, 5) is -0.137. The number of halogens is 2. The molecule has 0 spiro atoms. The van der Waals surface area contributed by atoms with Gasteiger partial charge in [0, 0.05) is 19.6 Å². The van der Waals surface area contributed by atoms with Crippen LogP contribution in [0.25, 0.3) is 0 Å². The van der Waals surface area contributed by atoms with Gasteiger partial charge in [-0.05, 0) is 31.5 Å². The maximum atomic E-state index is 13.8. The van der Waals surface area contributed by atoms with E-state index in [0.29, 0.717) is 6.61 Å². The molecule has 0 aromatic heterocycles. The van der Waals surface area contributed by atoms with Crippen LogP contribution in [0.15, 0.2) is 17.0 Å². The molecule has 0 amide bonds. The van der Waals surface area contributed by atoms with Crippen LogP contribution in [-0.4, -0.2) is 38.0 Å². The predicted molar refractivity (Wildman–Crippen MR) is 78.1 cm³/mol. The zero-order chi connectivity index (χ0) is 15.8. The lowest BCUT2D eigenvalue weighted by Crippen LogP contribution is -2.50. The summed E-state index contributed by atoms with van der Waals surface area (Å²) in [5, 5.41) is -0.140. The molecule has 5 nitrogen and oxygen atoms in total. The minimum absolute atomic E-state index is 0.0340. The number of ether oxygens (including phenoxy) is 1. The van der Waals surface area contributed by atoms with Crippen LogP contribution >= 0.6 is 11.6 Å². The summed E-state index contributed by atoms with van der Waals surface area (Å²) in [7, 11) is -3.81. The van der Waals surface area contributed by atoms with Crippen LogP contribution < -0.4 is 5.73 Å². The highest BCUT2D eigenvalue weighted by molar-refractivity contribution is 7.89. The van der Waals surface area contributed by atoms with Crippen LogP contribution in [0, 0.1) is 5.82 Å². The highest BCUT2D eigenvalue weighted by Gasteiger charge is 2.35. The first-order valence-corrected chi connectivity index (χ1v) is 8.31. The van der Waals surface area contributed by atoms with Crippen LogP contribution in [0.2, 0.25) is 5.02 Å². The summed E-state index contributed by atoms with van der Waals surface area (Å²) in [5.41, 5.74) is 5.16. The van der Waals surface area contributed by atoms with Gasteiger partial charge in [-0.2, -0.15) is 4.31 Å². The van der Waals surface area contributed by atoms with Crippen molar-refractivity contribution in [2.24, 2.45) is 5.73 Å². The Labute approximate surface area is 128 Å². The van der Waals surface area contributed by atoms with Crippen LogP contribution in [-0.2, 0) is 21.3 Å². The van der Waals surface area contributed by atoms with Gasteiger partial charge in [-0.3, -0.25) is 0 Å². The topological polar surface area (TPSA) is 72.6 Å². The second-order valence-corrected chi connectivity index (χ2v) is 7.84. The molecule has 0 radical (unpaired) electrons. The molecule has 0 bridgehead atoms. The lowest BCUT2D eigenvalue weighted by Gasteiger charge is -2.37. The molecule has 21 heavy (non-hydrogen) atoms. The van der Waals surface area contributed by atoms with Crippen LogP contribution in [0.1, 0.15) is 19.4 Å². The van der Waals surface area contributed by atoms with E-state index in [-0.39, 0.29) is 35.1 Å². The third kappa shape index (κ3) is 3.37. The van der Waals surface area contributed by atoms with Gasteiger partial charge in [-0.25, -0.2) is 12.8 Å². The van der Waals surface area contributed by atoms with Crippen molar-refractivity contribution < 1.29 is 17.5 Å². The van der Waals surface area contributed by atoms with Crippen LogP contribution in [0.3, 0.4) is 0 Å². The SMILES string of the molecule is CC1(C)CN(S(=O)(=O)c2cc(F)c(Cl)c(CN)c2)CCO1. The normalized spacial score (nSPS) is 19.7. The summed E-state index contributed by atoms with van der Waals surface area (Å²) >= 11 is 5.76. The van der Waals surface area contributed by atoms with E-state index in [4.69, 9.17) is 22.1 Å². The molecule has 1 saturated heterocycles. The van der Waals surface area contributed by atoms with Gasteiger partial charge in [-0.15, -0.1) is 0 Å². The van der Waals surface area contributed by atoms with Crippen LogP contribution in [0.5, 0.6) is 0 Å². The van der Waals surface area contributed by atoms with Crippen LogP contribution in [0.4, 0.5) is 4.39 Å². The molecule has 1 heterocycles. The third-order valence-corrected chi connectivity index (χ3v) is 5.57. The van der Waals surface area contributed by atoms with Crippen molar-refractivity contribution in [3.8, 4) is 0 Å². The fourth-order valence-electron chi connectivity index (χ4n) is 2.24. The number of sulfonamides is 1. The first-order chi connectivity index (χ1) is 9.67. The molecule has 8 heteroatoms. The number of rotatable bonds is 3. The van der Waals surface area contributed by atoms with Gasteiger partial charge >= 0.3 is 0 Å². The summed E-state index contributed by atoms with van der Waals surface area (Å²) in [5.74, 6) is -0.786. The minimum atomic E-state index is -3.81. The Hall–Kier alpha value is -0.730. The van der Waals surface area contributed by atoms with Gasteiger partial charge in [-0.1, -0.05) is 11.6 Å². The number of nitrogens with zero attached hydrogens (tertiary/aromatic N) is 1. The highest BCUT2D eigenvalue weighted by atomic mass is 35.5. The Morgan fingerprint density at radius 2 is 2.14 bits per heavy atom. The minimum Gasteiger partial charge on any atom is -0.373 e. The lowest BCUT2D eigenvalue weighted by molar-refractivity contribution is -0.0640. The first-order valence-electron chi connectivity index (χ1n) is 6.49. The molecule has 0 unspecified atom stereocenters. The standard InChI is InChI=1S/C13H18ClFN2O3S/c1-13(2)8-17(3-4-20-13)21(18,19)10-5-9(7-16)12(14)11(15)6-10/h5-6H,3-4,7-8,16H2,1-2H3. The predicted octanol–water partition coefficient (Wildman–Crippen LogP) is 1.74. The Bertz CT molecular complexity index is 649. The molecule has 0 aliphatic carbocycles. The molecule has 0 atom stereocenters. The molecule has 1 aromatic carbocycles. The molecule has 1 aromatic rings. The van der Waals surface area contributed by atoms with Crippen molar-refractivity contribution in [1.82, 2.24) is 4.31 Å². The fraction of sp³-hybridized carbons (Fsp3) is 0.538. The van der Waals surface area contributed by atoms with Crippen molar-refractivity contribution in [2.75, 3.05) is 19.7 Å². The van der Waals surface area contributed by atoms with E-state index in [2.05, 4.69) is 0 Å². The molecule has 1 aliphatic rings. The summed E-state index contributed by atoms with van der Waals surface area (Å²) in [6.45, 7) is 4.32. The smallest absolute Gasteiger partial charge is 0.243 e. The molecule has 2 N–H and O–H groups in total. The van der Waals surface area contributed by atoms with E-state index in [9.17, 15) is 12.8 Å². The summed E-state index contributed by atoms with van der Waals surface area (Å²) < 4.78 is 45.8. The Balaban J connectivity index is 2.42. The summed E-state index contributed by atoms with van der Waals surface area (Å²) in [6.07, 6.45) is 0. The molecular formula is C13H18ClFN2O3S. The first kappa shape index (κ1) is 16.6. The molecule has 118 valence electrons. The van der Waals surface area contributed by atoms with E-state index < -0.39 is 21.4 Å². The Morgan fingerprint density at radius 1 is 1.48 bits per heavy atom. The zero-order valence-electron chi connectivity index (χ0n) is 11.9. The zero-order valence-corrected chi connectivity index (χ0v) is 13.5. The van der Waals surface area contributed by atoms with E-state index >= 15 is 0 Å². The van der Waals surface area contributed by atoms with Gasteiger partial charge in [0.25, 0.3) is 0 Å². The molecule has 2 rings (SSSR count). The van der Waals surface area contributed by atoms with Gasteiger partial charge < -0.3 is 10.5 Å². The molecule has 1 aliphatic heterocycles. The average Bonchev–Trinajstić information content (AvgIpc) is 2.40.